The molecule has 6 nitrogen and oxygen atoms in total. The number of hydrogen-bond donors (Lipinski definition) is 2. The van der Waals surface area contributed by atoms with Crippen LogP contribution in [0.3, 0.4) is 0 Å². The molecule has 1 fully saturated rings. The summed E-state index contributed by atoms with van der Waals surface area (Å²) in [7, 11) is 0. The summed E-state index contributed by atoms with van der Waals surface area (Å²) in [6.07, 6.45) is 4.04. The van der Waals surface area contributed by atoms with Crippen LogP contribution in [-0.2, 0) is 4.79 Å². The quantitative estimate of drug-likeness (QED) is 0.737. The number of nitrogens with one attached hydrogen (secondary N) is 1. The topological polar surface area (TPSA) is 86.7 Å². The minimum Gasteiger partial charge on any atom is -0.394 e. The highest BCUT2D eigenvalue weighted by atomic mass is 16.3. The van der Waals surface area contributed by atoms with Gasteiger partial charge in [0.25, 0.3) is 5.91 Å². The largest absolute Gasteiger partial charge is 0.394 e. The maximum absolute atomic E-state index is 12.7. The predicted molar refractivity (Wildman–Crippen MR) is 110 cm³/mol. The summed E-state index contributed by atoms with van der Waals surface area (Å²) < 4.78 is 0. The Morgan fingerprint density at radius 3 is 2.14 bits per heavy atom. The molecule has 1 atom stereocenters. The molecule has 0 aliphatic carbocycles. The van der Waals surface area contributed by atoms with E-state index in [4.69, 9.17) is 0 Å². The van der Waals surface area contributed by atoms with Gasteiger partial charge in [-0.2, -0.15) is 0 Å². The maximum Gasteiger partial charge on any atom is 0.252 e. The molecular formula is C23H26N2O4. The average Bonchev–Trinajstić information content (AvgIpc) is 3.06. The zero-order valence-electron chi connectivity index (χ0n) is 16.3. The van der Waals surface area contributed by atoms with Crippen LogP contribution in [0.25, 0.3) is 0 Å². The number of ketones is 1. The van der Waals surface area contributed by atoms with Gasteiger partial charge in [-0.15, -0.1) is 0 Å². The molecular weight excluding hydrogens is 368 g/mol. The van der Waals surface area contributed by atoms with E-state index in [1.165, 1.54) is 6.07 Å². The molecule has 29 heavy (non-hydrogen) atoms. The van der Waals surface area contributed by atoms with Crippen LogP contribution in [-0.4, -0.2) is 53.3 Å². The molecule has 0 radical (unpaired) electrons. The van der Waals surface area contributed by atoms with Gasteiger partial charge in [0.1, 0.15) is 6.04 Å². The van der Waals surface area contributed by atoms with Gasteiger partial charge in [-0.1, -0.05) is 55.3 Å². The third-order valence-corrected chi connectivity index (χ3v) is 5.13. The number of aliphatic hydroxyl groups excluding tert-OH is 1. The smallest absolute Gasteiger partial charge is 0.252 e. The first-order valence-electron chi connectivity index (χ1n) is 10.0. The van der Waals surface area contributed by atoms with Crippen molar-refractivity contribution in [3.63, 3.8) is 0 Å². The number of carbonyl (C=O) groups excluding carboxylic acids is 3. The van der Waals surface area contributed by atoms with Crippen molar-refractivity contribution >= 4 is 17.6 Å². The molecule has 1 aliphatic rings. The molecule has 1 aliphatic heterocycles. The molecule has 2 amide bonds. The third-order valence-electron chi connectivity index (χ3n) is 5.13. The summed E-state index contributed by atoms with van der Waals surface area (Å²) in [5.74, 6) is -0.936. The molecule has 2 aromatic rings. The number of carbonyl (C=O) groups is 3. The van der Waals surface area contributed by atoms with Gasteiger partial charge in [-0.3, -0.25) is 14.4 Å². The zero-order chi connectivity index (χ0) is 20.6. The Hall–Kier alpha value is -2.99. The standard InChI is InChI=1S/C23H26N2O4/c26-16-20(23(29)25-13-6-1-2-7-14-25)24-22(28)19-12-8-11-18(15-19)21(27)17-9-4-3-5-10-17/h3-5,8-12,15,20,26H,1-2,6-7,13-14,16H2,(H,24,28). The number of amides is 2. The fourth-order valence-electron chi connectivity index (χ4n) is 3.50. The minimum absolute atomic E-state index is 0.181. The minimum atomic E-state index is -0.992. The van der Waals surface area contributed by atoms with Gasteiger partial charge in [-0.05, 0) is 25.0 Å². The van der Waals surface area contributed by atoms with Crippen molar-refractivity contribution in [2.75, 3.05) is 19.7 Å². The van der Waals surface area contributed by atoms with Gasteiger partial charge in [0, 0.05) is 29.8 Å². The van der Waals surface area contributed by atoms with E-state index in [0.29, 0.717) is 24.2 Å². The fourth-order valence-corrected chi connectivity index (χ4v) is 3.50. The van der Waals surface area contributed by atoms with Gasteiger partial charge >= 0.3 is 0 Å². The number of benzene rings is 2. The number of hydrogen-bond acceptors (Lipinski definition) is 4. The molecule has 0 spiro atoms. The molecule has 0 bridgehead atoms. The van der Waals surface area contributed by atoms with Crippen molar-refractivity contribution in [3.05, 3.63) is 71.3 Å². The van der Waals surface area contributed by atoms with Crippen LogP contribution in [0.1, 0.15) is 52.0 Å². The van der Waals surface area contributed by atoms with Gasteiger partial charge in [0.15, 0.2) is 5.78 Å². The van der Waals surface area contributed by atoms with E-state index in [-0.39, 0.29) is 17.3 Å². The highest BCUT2D eigenvalue weighted by Gasteiger charge is 2.26. The molecule has 0 saturated carbocycles. The lowest BCUT2D eigenvalue weighted by Crippen LogP contribution is -2.50. The first kappa shape index (κ1) is 20.7. The third kappa shape index (κ3) is 5.29. The van der Waals surface area contributed by atoms with Gasteiger partial charge < -0.3 is 15.3 Å². The second-order valence-corrected chi connectivity index (χ2v) is 7.22. The van der Waals surface area contributed by atoms with E-state index in [2.05, 4.69) is 5.32 Å². The van der Waals surface area contributed by atoms with Crippen molar-refractivity contribution in [3.8, 4) is 0 Å². The lowest BCUT2D eigenvalue weighted by Gasteiger charge is -2.25. The van der Waals surface area contributed by atoms with Crippen LogP contribution in [0.4, 0.5) is 0 Å². The fraction of sp³-hybridized carbons (Fsp3) is 0.348. The van der Waals surface area contributed by atoms with Crippen molar-refractivity contribution in [2.45, 2.75) is 31.7 Å². The van der Waals surface area contributed by atoms with Crippen LogP contribution in [0.2, 0.25) is 0 Å². The molecule has 0 aromatic heterocycles. The van der Waals surface area contributed by atoms with E-state index in [1.807, 2.05) is 6.07 Å². The van der Waals surface area contributed by atoms with Crippen molar-refractivity contribution in [1.82, 2.24) is 10.2 Å². The first-order valence-corrected chi connectivity index (χ1v) is 10.0. The molecule has 2 N–H and O–H groups in total. The Morgan fingerprint density at radius 1 is 0.862 bits per heavy atom. The van der Waals surface area contributed by atoms with Gasteiger partial charge in [-0.25, -0.2) is 0 Å². The molecule has 1 heterocycles. The SMILES string of the molecule is O=C(NC(CO)C(=O)N1CCCCCC1)c1cccc(C(=O)c2ccccc2)c1. The van der Waals surface area contributed by atoms with Gasteiger partial charge in [0.05, 0.1) is 6.61 Å². The Kier molecular flexibility index (Phi) is 7.14. The molecule has 3 rings (SSSR count). The summed E-state index contributed by atoms with van der Waals surface area (Å²) in [5.41, 5.74) is 1.20. The summed E-state index contributed by atoms with van der Waals surface area (Å²) in [4.78, 5) is 39.7. The molecule has 1 unspecified atom stereocenters. The maximum atomic E-state index is 12.7. The Bertz CT molecular complexity index is 858. The summed E-state index contributed by atoms with van der Waals surface area (Å²) in [5, 5.41) is 12.3. The Labute approximate surface area is 170 Å². The average molecular weight is 394 g/mol. The number of rotatable bonds is 6. The van der Waals surface area contributed by atoms with E-state index >= 15 is 0 Å². The highest BCUT2D eigenvalue weighted by molar-refractivity contribution is 6.10. The predicted octanol–water partition coefficient (Wildman–Crippen LogP) is 2.41. The normalized spacial score (nSPS) is 15.3. The monoisotopic (exact) mass is 394 g/mol. The summed E-state index contributed by atoms with van der Waals surface area (Å²) in [6.45, 7) is 0.822. The van der Waals surface area contributed by atoms with E-state index in [0.717, 1.165) is 25.7 Å². The molecule has 2 aromatic carbocycles. The van der Waals surface area contributed by atoms with Crippen LogP contribution >= 0.6 is 0 Å². The second kappa shape index (κ2) is 9.98. The van der Waals surface area contributed by atoms with E-state index in [1.54, 1.807) is 47.4 Å². The van der Waals surface area contributed by atoms with Crippen molar-refractivity contribution < 1.29 is 19.5 Å². The summed E-state index contributed by atoms with van der Waals surface area (Å²) in [6, 6.07) is 14.2. The number of aliphatic hydroxyl groups is 1. The molecule has 1 saturated heterocycles. The van der Waals surface area contributed by atoms with Crippen LogP contribution in [0, 0.1) is 0 Å². The van der Waals surface area contributed by atoms with E-state index < -0.39 is 18.6 Å². The highest BCUT2D eigenvalue weighted by Crippen LogP contribution is 2.13. The van der Waals surface area contributed by atoms with Crippen molar-refractivity contribution in [1.29, 1.82) is 0 Å². The Morgan fingerprint density at radius 2 is 1.48 bits per heavy atom. The zero-order valence-corrected chi connectivity index (χ0v) is 16.3. The van der Waals surface area contributed by atoms with Crippen LogP contribution in [0.5, 0.6) is 0 Å². The molecule has 152 valence electrons. The van der Waals surface area contributed by atoms with Crippen LogP contribution < -0.4 is 5.32 Å². The first-order chi connectivity index (χ1) is 14.1. The lowest BCUT2D eigenvalue weighted by molar-refractivity contribution is -0.134. The Balaban J connectivity index is 1.70. The lowest BCUT2D eigenvalue weighted by atomic mass is 10.0. The number of nitrogens with zero attached hydrogens (tertiary/aromatic N) is 1. The number of likely N-dealkylation sites (tertiary alicyclic amines) is 1. The van der Waals surface area contributed by atoms with Crippen molar-refractivity contribution in [2.24, 2.45) is 0 Å². The molecule has 6 heteroatoms. The van der Waals surface area contributed by atoms with E-state index in [9.17, 15) is 19.5 Å². The summed E-state index contributed by atoms with van der Waals surface area (Å²) >= 11 is 0. The van der Waals surface area contributed by atoms with Crippen LogP contribution in [0.15, 0.2) is 54.6 Å². The van der Waals surface area contributed by atoms with Gasteiger partial charge in [0.2, 0.25) is 5.91 Å². The second-order valence-electron chi connectivity index (χ2n) is 7.22.